The molecular weight excluding hydrogens is 205 g/mol. The number of nitrogens with one attached hydrogen (secondary N) is 1. The van der Waals surface area contributed by atoms with Crippen molar-refractivity contribution in [2.75, 3.05) is 6.54 Å². The van der Waals surface area contributed by atoms with Crippen LogP contribution in [0.2, 0.25) is 0 Å². The molecule has 0 amide bonds. The number of rotatable bonds is 2. The molecule has 0 aromatic heterocycles. The third kappa shape index (κ3) is 2.19. The highest BCUT2D eigenvalue weighted by molar-refractivity contribution is 5.39. The zero-order valence-corrected chi connectivity index (χ0v) is 10.0. The van der Waals surface area contributed by atoms with Crippen LogP contribution in [-0.2, 0) is 0 Å². The van der Waals surface area contributed by atoms with E-state index in [1.54, 1.807) is 0 Å². The maximum atomic E-state index is 13.2. The summed E-state index contributed by atoms with van der Waals surface area (Å²) < 4.78 is 19.0. The third-order valence-electron chi connectivity index (χ3n) is 2.88. The summed E-state index contributed by atoms with van der Waals surface area (Å²) in [6.07, 6.45) is 0.902. The van der Waals surface area contributed by atoms with Gasteiger partial charge in [-0.25, -0.2) is 4.39 Å². The molecule has 0 radical (unpaired) electrons. The summed E-state index contributed by atoms with van der Waals surface area (Å²) in [6.45, 7) is 7.04. The first-order valence-corrected chi connectivity index (χ1v) is 5.74. The first-order valence-electron chi connectivity index (χ1n) is 5.74. The van der Waals surface area contributed by atoms with Gasteiger partial charge in [-0.3, -0.25) is 0 Å². The van der Waals surface area contributed by atoms with E-state index in [0.29, 0.717) is 5.75 Å². The lowest BCUT2D eigenvalue weighted by Crippen LogP contribution is -2.39. The van der Waals surface area contributed by atoms with Crippen LogP contribution in [0.5, 0.6) is 5.75 Å². The fourth-order valence-corrected chi connectivity index (χ4v) is 2.25. The maximum absolute atomic E-state index is 13.2. The van der Waals surface area contributed by atoms with Gasteiger partial charge in [-0.05, 0) is 26.5 Å². The minimum absolute atomic E-state index is 0.242. The second-order valence-corrected chi connectivity index (χ2v) is 4.86. The molecule has 0 spiro atoms. The van der Waals surface area contributed by atoms with E-state index in [1.165, 1.54) is 12.1 Å². The van der Waals surface area contributed by atoms with Gasteiger partial charge in [0.1, 0.15) is 17.2 Å². The lowest BCUT2D eigenvalue weighted by molar-refractivity contribution is 0.0660. The molecule has 0 saturated heterocycles. The van der Waals surface area contributed by atoms with Crippen molar-refractivity contribution in [2.24, 2.45) is 0 Å². The Morgan fingerprint density at radius 2 is 2.25 bits per heavy atom. The zero-order chi connectivity index (χ0) is 11.8. The molecular formula is C13H18FNO. The average Bonchev–Trinajstić information content (AvgIpc) is 2.15. The third-order valence-corrected chi connectivity index (χ3v) is 2.88. The number of ether oxygens (including phenoxy) is 1. The van der Waals surface area contributed by atoms with Gasteiger partial charge in [0.2, 0.25) is 0 Å². The number of benzene rings is 1. The minimum atomic E-state index is -0.244. The topological polar surface area (TPSA) is 21.3 Å². The summed E-state index contributed by atoms with van der Waals surface area (Å²) in [7, 11) is 0. The van der Waals surface area contributed by atoms with E-state index in [-0.39, 0.29) is 17.5 Å². The molecule has 1 aliphatic rings. The zero-order valence-electron chi connectivity index (χ0n) is 10.0. The van der Waals surface area contributed by atoms with Gasteiger partial charge >= 0.3 is 0 Å². The van der Waals surface area contributed by atoms with Crippen molar-refractivity contribution in [3.8, 4) is 5.75 Å². The fourth-order valence-electron chi connectivity index (χ4n) is 2.25. The van der Waals surface area contributed by atoms with Crippen LogP contribution >= 0.6 is 0 Å². The van der Waals surface area contributed by atoms with E-state index in [2.05, 4.69) is 12.2 Å². The van der Waals surface area contributed by atoms with Crippen molar-refractivity contribution in [2.45, 2.75) is 38.8 Å². The minimum Gasteiger partial charge on any atom is -0.487 e. The summed E-state index contributed by atoms with van der Waals surface area (Å²) >= 11 is 0. The van der Waals surface area contributed by atoms with Gasteiger partial charge in [-0.2, -0.15) is 0 Å². The Hall–Kier alpha value is -1.09. The molecule has 0 aliphatic carbocycles. The normalized spacial score (nSPS) is 22.4. The van der Waals surface area contributed by atoms with E-state index in [0.717, 1.165) is 18.5 Å². The van der Waals surface area contributed by atoms with E-state index < -0.39 is 0 Å². The molecule has 1 aliphatic heterocycles. The van der Waals surface area contributed by atoms with Crippen molar-refractivity contribution < 1.29 is 9.13 Å². The van der Waals surface area contributed by atoms with Gasteiger partial charge in [0.25, 0.3) is 0 Å². The summed E-state index contributed by atoms with van der Waals surface area (Å²) in [5, 5.41) is 3.41. The van der Waals surface area contributed by atoms with Crippen LogP contribution < -0.4 is 10.1 Å². The van der Waals surface area contributed by atoms with Gasteiger partial charge < -0.3 is 10.1 Å². The highest BCUT2D eigenvalue weighted by Crippen LogP contribution is 2.39. The molecule has 0 fully saturated rings. The summed E-state index contributed by atoms with van der Waals surface area (Å²) in [5.74, 6) is 0.425. The van der Waals surface area contributed by atoms with Crippen molar-refractivity contribution >= 4 is 0 Å². The number of fused-ring (bicyclic) bond motifs is 1. The molecule has 0 bridgehead atoms. The van der Waals surface area contributed by atoms with Gasteiger partial charge in [-0.15, -0.1) is 0 Å². The predicted octanol–water partition coefficient (Wildman–Crippen LogP) is 3.04. The largest absolute Gasteiger partial charge is 0.487 e. The second-order valence-electron chi connectivity index (χ2n) is 4.86. The summed E-state index contributed by atoms with van der Waals surface area (Å²) in [4.78, 5) is 0. The molecule has 1 N–H and O–H groups in total. The highest BCUT2D eigenvalue weighted by atomic mass is 19.1. The van der Waals surface area contributed by atoms with Crippen LogP contribution in [0.1, 0.15) is 38.8 Å². The van der Waals surface area contributed by atoms with Gasteiger partial charge in [0.15, 0.2) is 0 Å². The Labute approximate surface area is 95.8 Å². The highest BCUT2D eigenvalue weighted by Gasteiger charge is 2.33. The monoisotopic (exact) mass is 223 g/mol. The Kier molecular flexibility index (Phi) is 2.89. The van der Waals surface area contributed by atoms with Crippen LogP contribution in [0.15, 0.2) is 18.2 Å². The van der Waals surface area contributed by atoms with Crippen molar-refractivity contribution in [1.29, 1.82) is 0 Å². The van der Waals surface area contributed by atoms with Crippen LogP contribution in [0, 0.1) is 5.82 Å². The molecule has 1 unspecified atom stereocenters. The molecule has 2 rings (SSSR count). The van der Waals surface area contributed by atoms with Crippen molar-refractivity contribution in [3.63, 3.8) is 0 Å². The summed E-state index contributed by atoms with van der Waals surface area (Å²) in [6, 6.07) is 5.03. The lowest BCUT2D eigenvalue weighted by atomic mass is 9.89. The quantitative estimate of drug-likeness (QED) is 0.832. The molecule has 1 atom stereocenters. The molecule has 16 heavy (non-hydrogen) atoms. The molecule has 1 aromatic carbocycles. The first kappa shape index (κ1) is 11.4. The SMILES string of the molecule is CCNC1CC(C)(C)Oc2cc(F)ccc21. The molecule has 1 aromatic rings. The molecule has 0 saturated carbocycles. The Bertz CT molecular complexity index is 390. The van der Waals surface area contributed by atoms with E-state index in [9.17, 15) is 4.39 Å². The molecule has 88 valence electrons. The fraction of sp³-hybridized carbons (Fsp3) is 0.538. The Balaban J connectivity index is 2.38. The van der Waals surface area contributed by atoms with Crippen LogP contribution in [-0.4, -0.2) is 12.1 Å². The molecule has 2 nitrogen and oxygen atoms in total. The van der Waals surface area contributed by atoms with Gasteiger partial charge in [-0.1, -0.05) is 13.0 Å². The van der Waals surface area contributed by atoms with Crippen LogP contribution in [0.4, 0.5) is 4.39 Å². The molecule has 1 heterocycles. The number of halogens is 1. The average molecular weight is 223 g/mol. The number of hydrogen-bond acceptors (Lipinski definition) is 2. The van der Waals surface area contributed by atoms with Gasteiger partial charge in [0.05, 0.1) is 0 Å². The molecule has 3 heteroatoms. The van der Waals surface area contributed by atoms with Crippen LogP contribution in [0.25, 0.3) is 0 Å². The first-order chi connectivity index (χ1) is 7.52. The Morgan fingerprint density at radius 1 is 1.50 bits per heavy atom. The maximum Gasteiger partial charge on any atom is 0.127 e. The van der Waals surface area contributed by atoms with Crippen molar-refractivity contribution in [3.05, 3.63) is 29.6 Å². The predicted molar refractivity (Wildman–Crippen MR) is 62.1 cm³/mol. The van der Waals surface area contributed by atoms with Crippen LogP contribution in [0.3, 0.4) is 0 Å². The van der Waals surface area contributed by atoms with Gasteiger partial charge in [0, 0.05) is 24.1 Å². The Morgan fingerprint density at radius 3 is 2.94 bits per heavy atom. The second kappa shape index (κ2) is 4.06. The summed E-state index contributed by atoms with van der Waals surface area (Å²) in [5.41, 5.74) is 0.816. The van der Waals surface area contributed by atoms with E-state index >= 15 is 0 Å². The van der Waals surface area contributed by atoms with Crippen molar-refractivity contribution in [1.82, 2.24) is 5.32 Å². The number of hydrogen-bond donors (Lipinski definition) is 1. The van der Waals surface area contributed by atoms with E-state index in [1.807, 2.05) is 19.9 Å². The lowest BCUT2D eigenvalue weighted by Gasteiger charge is -2.37. The van der Waals surface area contributed by atoms with E-state index in [4.69, 9.17) is 4.74 Å². The standard InChI is InChI=1S/C13H18FNO/c1-4-15-11-8-13(2,3)16-12-7-9(14)5-6-10(11)12/h5-7,11,15H,4,8H2,1-3H3. The smallest absolute Gasteiger partial charge is 0.127 e.